The number of ether oxygens (including phenoxy) is 2. The van der Waals surface area contributed by atoms with Crippen molar-refractivity contribution in [1.29, 1.82) is 0 Å². The van der Waals surface area contributed by atoms with Gasteiger partial charge in [0.15, 0.2) is 11.5 Å². The van der Waals surface area contributed by atoms with Crippen LogP contribution >= 0.6 is 11.6 Å². The molecule has 0 spiro atoms. The highest BCUT2D eigenvalue weighted by Gasteiger charge is 2.21. The minimum Gasteiger partial charge on any atom is -0.454 e. The van der Waals surface area contributed by atoms with Crippen LogP contribution in [0.4, 0.5) is 0 Å². The van der Waals surface area contributed by atoms with Gasteiger partial charge in [0.05, 0.1) is 11.6 Å². The van der Waals surface area contributed by atoms with E-state index >= 15 is 0 Å². The minimum atomic E-state index is -0.0708. The van der Waals surface area contributed by atoms with Crippen LogP contribution in [-0.2, 0) is 13.0 Å². The van der Waals surface area contributed by atoms with Crippen molar-refractivity contribution in [3.8, 4) is 11.5 Å². The Morgan fingerprint density at radius 1 is 1.43 bits per heavy atom. The molecule has 1 aliphatic rings. The maximum atomic E-state index is 9.18. The van der Waals surface area contributed by atoms with Crippen LogP contribution in [0.1, 0.15) is 18.1 Å². The molecule has 1 aromatic carbocycles. The first kappa shape index (κ1) is 9.62. The monoisotopic (exact) mass is 214 g/mol. The van der Waals surface area contributed by atoms with Crippen LogP contribution in [0.5, 0.6) is 11.5 Å². The van der Waals surface area contributed by atoms with Gasteiger partial charge in [-0.05, 0) is 6.42 Å². The van der Waals surface area contributed by atoms with E-state index in [2.05, 4.69) is 0 Å². The Morgan fingerprint density at radius 3 is 2.86 bits per heavy atom. The molecule has 0 unspecified atom stereocenters. The van der Waals surface area contributed by atoms with E-state index in [1.807, 2.05) is 6.92 Å². The number of hydrogen-bond donors (Lipinski definition) is 1. The van der Waals surface area contributed by atoms with Crippen LogP contribution in [-0.4, -0.2) is 11.9 Å². The molecule has 2 rings (SSSR count). The summed E-state index contributed by atoms with van der Waals surface area (Å²) in [5.74, 6) is 1.39. The summed E-state index contributed by atoms with van der Waals surface area (Å²) in [5.41, 5.74) is 1.67. The smallest absolute Gasteiger partial charge is 0.231 e. The fraction of sp³-hybridized carbons (Fsp3) is 0.400. The number of fused-ring (bicyclic) bond motifs is 1. The van der Waals surface area contributed by atoms with E-state index in [-0.39, 0.29) is 13.4 Å². The van der Waals surface area contributed by atoms with Gasteiger partial charge in [0.2, 0.25) is 6.79 Å². The number of aliphatic hydroxyl groups excluding tert-OH is 1. The third-order valence-corrected chi connectivity index (χ3v) is 2.67. The SMILES string of the molecule is CCc1c(CO)c(Cl)cc2c1OCO2. The first-order valence-corrected chi connectivity index (χ1v) is 4.86. The van der Waals surface area contributed by atoms with E-state index < -0.39 is 0 Å². The summed E-state index contributed by atoms with van der Waals surface area (Å²) < 4.78 is 10.6. The second kappa shape index (κ2) is 3.67. The van der Waals surface area contributed by atoms with Crippen LogP contribution in [0.15, 0.2) is 6.07 Å². The lowest BCUT2D eigenvalue weighted by atomic mass is 10.0. The minimum absolute atomic E-state index is 0.0708. The molecule has 3 nitrogen and oxygen atoms in total. The third-order valence-electron chi connectivity index (χ3n) is 2.34. The van der Waals surface area contributed by atoms with E-state index in [9.17, 15) is 5.11 Å². The highest BCUT2D eigenvalue weighted by molar-refractivity contribution is 6.31. The lowest BCUT2D eigenvalue weighted by molar-refractivity contribution is 0.173. The van der Waals surface area contributed by atoms with Gasteiger partial charge < -0.3 is 14.6 Å². The van der Waals surface area contributed by atoms with Crippen LogP contribution in [0.2, 0.25) is 5.02 Å². The molecule has 4 heteroatoms. The van der Waals surface area contributed by atoms with Crippen molar-refractivity contribution in [2.24, 2.45) is 0 Å². The quantitative estimate of drug-likeness (QED) is 0.820. The normalized spacial score (nSPS) is 13.4. The average molecular weight is 215 g/mol. The Bertz CT molecular complexity index is 359. The van der Waals surface area contributed by atoms with Crippen molar-refractivity contribution in [1.82, 2.24) is 0 Å². The second-order valence-corrected chi connectivity index (χ2v) is 3.47. The van der Waals surface area contributed by atoms with Crippen molar-refractivity contribution in [2.75, 3.05) is 6.79 Å². The number of hydrogen-bond acceptors (Lipinski definition) is 3. The molecule has 0 saturated carbocycles. The molecule has 0 fully saturated rings. The fourth-order valence-electron chi connectivity index (χ4n) is 1.66. The van der Waals surface area contributed by atoms with Crippen LogP contribution in [0, 0.1) is 0 Å². The molecule has 0 aliphatic carbocycles. The van der Waals surface area contributed by atoms with E-state index in [0.29, 0.717) is 10.8 Å². The summed E-state index contributed by atoms with van der Waals surface area (Å²) in [7, 11) is 0. The van der Waals surface area contributed by atoms with Gasteiger partial charge >= 0.3 is 0 Å². The van der Waals surface area contributed by atoms with Gasteiger partial charge in [0, 0.05) is 17.2 Å². The molecular weight excluding hydrogens is 204 g/mol. The molecule has 76 valence electrons. The Hall–Kier alpha value is -0.930. The molecule has 0 radical (unpaired) electrons. The van der Waals surface area contributed by atoms with E-state index in [4.69, 9.17) is 21.1 Å². The molecule has 0 amide bonds. The molecule has 0 saturated heterocycles. The summed E-state index contributed by atoms with van der Waals surface area (Å²) in [6.45, 7) is 2.15. The predicted octanol–water partition coefficient (Wildman–Crippen LogP) is 2.12. The predicted molar refractivity (Wildman–Crippen MR) is 52.9 cm³/mol. The van der Waals surface area contributed by atoms with Gasteiger partial charge in [-0.1, -0.05) is 18.5 Å². The number of halogens is 1. The number of benzene rings is 1. The van der Waals surface area contributed by atoms with Crippen molar-refractivity contribution in [3.63, 3.8) is 0 Å². The van der Waals surface area contributed by atoms with Crippen LogP contribution in [0.25, 0.3) is 0 Å². The molecular formula is C10H11ClO3. The van der Waals surface area contributed by atoms with Gasteiger partial charge in [-0.15, -0.1) is 0 Å². The van der Waals surface area contributed by atoms with Gasteiger partial charge in [-0.3, -0.25) is 0 Å². The standard InChI is InChI=1S/C10H11ClO3/c1-2-6-7(4-12)8(11)3-9-10(6)14-5-13-9/h3,12H,2,4-5H2,1H3. The molecule has 0 bridgehead atoms. The molecule has 14 heavy (non-hydrogen) atoms. The zero-order valence-electron chi connectivity index (χ0n) is 7.84. The zero-order valence-corrected chi connectivity index (χ0v) is 8.60. The summed E-state index contributed by atoms with van der Waals surface area (Å²) in [5, 5.41) is 9.72. The lowest BCUT2D eigenvalue weighted by Crippen LogP contribution is -1.97. The highest BCUT2D eigenvalue weighted by Crippen LogP contribution is 2.41. The Labute approximate surface area is 87.2 Å². The first-order valence-electron chi connectivity index (χ1n) is 4.48. The van der Waals surface area contributed by atoms with Crippen molar-refractivity contribution in [2.45, 2.75) is 20.0 Å². The molecule has 1 heterocycles. The third kappa shape index (κ3) is 1.33. The molecule has 1 aromatic rings. The molecule has 0 atom stereocenters. The topological polar surface area (TPSA) is 38.7 Å². The van der Waals surface area contributed by atoms with Crippen molar-refractivity contribution < 1.29 is 14.6 Å². The van der Waals surface area contributed by atoms with Crippen LogP contribution < -0.4 is 9.47 Å². The van der Waals surface area contributed by atoms with E-state index in [1.165, 1.54) is 0 Å². The van der Waals surface area contributed by atoms with Gasteiger partial charge in [-0.25, -0.2) is 0 Å². The Balaban J connectivity index is 2.62. The largest absolute Gasteiger partial charge is 0.454 e. The number of aliphatic hydroxyl groups is 1. The first-order chi connectivity index (χ1) is 6.77. The van der Waals surface area contributed by atoms with Gasteiger partial charge in [0.1, 0.15) is 0 Å². The maximum absolute atomic E-state index is 9.18. The summed E-state index contributed by atoms with van der Waals surface area (Å²) >= 11 is 6.00. The molecule has 1 N–H and O–H groups in total. The maximum Gasteiger partial charge on any atom is 0.231 e. The van der Waals surface area contributed by atoms with Gasteiger partial charge in [0.25, 0.3) is 0 Å². The zero-order chi connectivity index (χ0) is 10.1. The Kier molecular flexibility index (Phi) is 2.52. The summed E-state index contributed by atoms with van der Waals surface area (Å²) in [4.78, 5) is 0. The van der Waals surface area contributed by atoms with Gasteiger partial charge in [-0.2, -0.15) is 0 Å². The summed E-state index contributed by atoms with van der Waals surface area (Å²) in [6, 6.07) is 1.69. The van der Waals surface area contributed by atoms with E-state index in [1.54, 1.807) is 6.07 Å². The second-order valence-electron chi connectivity index (χ2n) is 3.06. The Morgan fingerprint density at radius 2 is 2.21 bits per heavy atom. The average Bonchev–Trinajstić information content (AvgIpc) is 2.62. The van der Waals surface area contributed by atoms with E-state index in [0.717, 1.165) is 23.3 Å². The fourth-order valence-corrected chi connectivity index (χ4v) is 1.93. The molecule has 1 aliphatic heterocycles. The highest BCUT2D eigenvalue weighted by atomic mass is 35.5. The van der Waals surface area contributed by atoms with Crippen molar-refractivity contribution >= 4 is 11.6 Å². The number of rotatable bonds is 2. The van der Waals surface area contributed by atoms with Crippen molar-refractivity contribution in [3.05, 3.63) is 22.2 Å². The summed E-state index contributed by atoms with van der Waals surface area (Å²) in [6.07, 6.45) is 0.766. The molecule has 0 aromatic heterocycles. The lowest BCUT2D eigenvalue weighted by Gasteiger charge is -2.10. The van der Waals surface area contributed by atoms with Crippen LogP contribution in [0.3, 0.4) is 0 Å².